The lowest BCUT2D eigenvalue weighted by Gasteiger charge is -2.30. The van der Waals surface area contributed by atoms with Crippen LogP contribution in [0.3, 0.4) is 0 Å². The third-order valence-corrected chi connectivity index (χ3v) is 5.16. The van der Waals surface area contributed by atoms with Gasteiger partial charge in [-0.1, -0.05) is 38.0 Å². The molecule has 1 N–H and O–H groups in total. The number of carboxylic acids is 1. The van der Waals surface area contributed by atoms with E-state index in [-0.39, 0.29) is 19.4 Å². The molecule has 1 heterocycles. The van der Waals surface area contributed by atoms with E-state index in [4.69, 9.17) is 4.74 Å². The Morgan fingerprint density at radius 3 is 2.59 bits per heavy atom. The smallest absolute Gasteiger partial charge is 0.318 e. The summed E-state index contributed by atoms with van der Waals surface area (Å²) in [4.78, 5) is 28.6. The summed E-state index contributed by atoms with van der Waals surface area (Å²) in [6.45, 7) is 4.00. The van der Waals surface area contributed by atoms with Crippen molar-refractivity contribution in [3.05, 3.63) is 41.4 Å². The van der Waals surface area contributed by atoms with Crippen LogP contribution in [0.2, 0.25) is 0 Å². The highest BCUT2D eigenvalue weighted by atomic mass is 32.1. The van der Waals surface area contributed by atoms with Gasteiger partial charge in [-0.2, -0.15) is 0 Å². The number of benzene rings is 1. The van der Waals surface area contributed by atoms with Crippen molar-refractivity contribution in [1.29, 1.82) is 0 Å². The summed E-state index contributed by atoms with van der Waals surface area (Å²) < 4.78 is 5.31. The number of para-hydroxylation sites is 1. The van der Waals surface area contributed by atoms with Crippen LogP contribution in [0.5, 0.6) is 0 Å². The van der Waals surface area contributed by atoms with E-state index < -0.39 is 17.4 Å². The van der Waals surface area contributed by atoms with Crippen LogP contribution in [0.15, 0.2) is 35.7 Å². The van der Waals surface area contributed by atoms with Crippen LogP contribution in [0.25, 0.3) is 0 Å². The second-order valence-corrected chi connectivity index (χ2v) is 7.17. The monoisotopic (exact) mass is 389 g/mol. The number of carboxylic acid groups (broad SMARTS) is 1. The Morgan fingerprint density at radius 2 is 1.96 bits per heavy atom. The van der Waals surface area contributed by atoms with E-state index in [0.717, 1.165) is 18.5 Å². The van der Waals surface area contributed by atoms with Gasteiger partial charge in [0, 0.05) is 17.0 Å². The van der Waals surface area contributed by atoms with Crippen molar-refractivity contribution in [3.8, 4) is 0 Å². The molecule has 2 aromatic rings. The third kappa shape index (κ3) is 5.53. The van der Waals surface area contributed by atoms with E-state index in [1.54, 1.807) is 6.92 Å². The summed E-state index contributed by atoms with van der Waals surface area (Å²) in [7, 11) is 0. The number of nitrogens with one attached hydrogen (secondary N) is 1. The molecule has 0 saturated carbocycles. The molecular weight excluding hydrogens is 364 g/mol. The van der Waals surface area contributed by atoms with Crippen LogP contribution in [0.4, 0.5) is 10.8 Å². The maximum Gasteiger partial charge on any atom is 0.318 e. The van der Waals surface area contributed by atoms with E-state index in [0.29, 0.717) is 17.2 Å². The molecule has 0 amide bonds. The number of unbranched alkanes of at least 4 members (excludes halogenated alkanes) is 1. The van der Waals surface area contributed by atoms with Crippen molar-refractivity contribution in [2.75, 3.05) is 11.9 Å². The maximum absolute atomic E-state index is 12.9. The van der Waals surface area contributed by atoms with Gasteiger partial charge in [0.15, 0.2) is 5.13 Å². The fourth-order valence-corrected chi connectivity index (χ4v) is 3.78. The van der Waals surface area contributed by atoms with Gasteiger partial charge >= 0.3 is 5.97 Å². The molecule has 0 aliphatic rings. The quantitative estimate of drug-likeness (QED) is 0.592. The van der Waals surface area contributed by atoms with Gasteiger partial charge in [0.1, 0.15) is 5.41 Å². The van der Waals surface area contributed by atoms with Crippen molar-refractivity contribution >= 4 is 34.1 Å². The summed E-state index contributed by atoms with van der Waals surface area (Å²) in [5.74, 6) is -1.60. The molecule has 7 heteroatoms. The van der Waals surface area contributed by atoms with E-state index in [2.05, 4.69) is 10.3 Å². The van der Waals surface area contributed by atoms with Gasteiger partial charge in [-0.3, -0.25) is 4.79 Å². The molecule has 0 saturated heterocycles. The number of anilines is 2. The number of hydrogen-bond acceptors (Lipinski definition) is 7. The van der Waals surface area contributed by atoms with Crippen LogP contribution in [0, 0.1) is 0 Å². The second-order valence-electron chi connectivity index (χ2n) is 6.31. The minimum absolute atomic E-state index is 0.114. The molecule has 1 aromatic heterocycles. The average Bonchev–Trinajstić information content (AvgIpc) is 3.12. The SMILES string of the molecule is CCCC[C@](CCC(=O)[O-])(C(=O)OCC)c1csc(Nc2ccccc2)n1. The van der Waals surface area contributed by atoms with Crippen LogP contribution in [-0.2, 0) is 19.7 Å². The Labute approximate surface area is 163 Å². The molecule has 0 unspecified atom stereocenters. The number of aliphatic carboxylic acids is 1. The number of carbonyl (C=O) groups is 2. The van der Waals surface area contributed by atoms with Crippen molar-refractivity contribution < 1.29 is 19.4 Å². The van der Waals surface area contributed by atoms with Gasteiger partial charge in [0.05, 0.1) is 12.3 Å². The van der Waals surface area contributed by atoms with Crippen molar-refractivity contribution in [1.82, 2.24) is 4.98 Å². The van der Waals surface area contributed by atoms with E-state index in [1.807, 2.05) is 42.6 Å². The van der Waals surface area contributed by atoms with Gasteiger partial charge < -0.3 is 20.0 Å². The topological polar surface area (TPSA) is 91.3 Å². The highest BCUT2D eigenvalue weighted by Crippen LogP contribution is 2.38. The predicted octanol–water partition coefficient (Wildman–Crippen LogP) is 3.41. The molecule has 146 valence electrons. The molecule has 6 nitrogen and oxygen atoms in total. The number of hydrogen-bond donors (Lipinski definition) is 1. The molecule has 0 aliphatic carbocycles. The summed E-state index contributed by atoms with van der Waals surface area (Å²) in [5, 5.41) is 16.8. The summed E-state index contributed by atoms with van der Waals surface area (Å²) >= 11 is 1.38. The number of thiazole rings is 1. The molecule has 27 heavy (non-hydrogen) atoms. The Hall–Kier alpha value is -2.41. The van der Waals surface area contributed by atoms with E-state index >= 15 is 0 Å². The number of esters is 1. The van der Waals surface area contributed by atoms with Gasteiger partial charge in [-0.25, -0.2) is 4.98 Å². The first-order valence-electron chi connectivity index (χ1n) is 9.17. The minimum atomic E-state index is -1.18. The van der Waals surface area contributed by atoms with Gasteiger partial charge in [0.2, 0.25) is 0 Å². The predicted molar refractivity (Wildman–Crippen MR) is 104 cm³/mol. The number of aromatic nitrogens is 1. The Kier molecular flexibility index (Phi) is 7.79. The Balaban J connectivity index is 2.35. The zero-order valence-electron chi connectivity index (χ0n) is 15.7. The van der Waals surface area contributed by atoms with Crippen LogP contribution in [0.1, 0.15) is 51.6 Å². The normalized spacial score (nSPS) is 13.0. The molecular formula is C20H25N2O4S-. The highest BCUT2D eigenvalue weighted by molar-refractivity contribution is 7.13. The van der Waals surface area contributed by atoms with E-state index in [9.17, 15) is 14.7 Å². The Morgan fingerprint density at radius 1 is 1.22 bits per heavy atom. The summed E-state index contributed by atoms with van der Waals surface area (Å²) in [6.07, 6.45) is 2.03. The maximum atomic E-state index is 12.9. The molecule has 0 bridgehead atoms. The zero-order chi connectivity index (χ0) is 19.7. The van der Waals surface area contributed by atoms with Crippen molar-refractivity contribution in [3.63, 3.8) is 0 Å². The third-order valence-electron chi connectivity index (χ3n) is 4.40. The first-order valence-corrected chi connectivity index (χ1v) is 10.0. The van der Waals surface area contributed by atoms with Gasteiger partial charge in [0.25, 0.3) is 0 Å². The molecule has 0 spiro atoms. The lowest BCUT2D eigenvalue weighted by molar-refractivity contribution is -0.306. The average molecular weight is 389 g/mol. The van der Waals surface area contributed by atoms with Crippen molar-refractivity contribution in [2.45, 2.75) is 51.4 Å². The standard InChI is InChI=1S/C20H26N2O4S/c1-3-5-12-20(13-11-17(23)24,18(25)26-4-2)16-14-27-19(22-16)21-15-9-7-6-8-10-15/h6-10,14H,3-5,11-13H2,1-2H3,(H,21,22)(H,23,24)/p-1/t20-/m1/s1. The number of ether oxygens (including phenoxy) is 1. The first-order chi connectivity index (χ1) is 13.0. The Bertz CT molecular complexity index is 747. The highest BCUT2D eigenvalue weighted by Gasteiger charge is 2.43. The van der Waals surface area contributed by atoms with Gasteiger partial charge in [-0.05, 0) is 38.3 Å². The first kappa shape index (κ1) is 20.9. The van der Waals surface area contributed by atoms with E-state index in [1.165, 1.54) is 11.3 Å². The minimum Gasteiger partial charge on any atom is -0.550 e. The molecule has 0 fully saturated rings. The fraction of sp³-hybridized carbons (Fsp3) is 0.450. The number of rotatable bonds is 11. The van der Waals surface area contributed by atoms with Gasteiger partial charge in [-0.15, -0.1) is 11.3 Å². The zero-order valence-corrected chi connectivity index (χ0v) is 16.5. The molecule has 0 aliphatic heterocycles. The molecule has 0 radical (unpaired) electrons. The number of nitrogens with zero attached hydrogens (tertiary/aromatic N) is 1. The van der Waals surface area contributed by atoms with Crippen LogP contribution in [-0.4, -0.2) is 23.5 Å². The second kappa shape index (κ2) is 10.1. The largest absolute Gasteiger partial charge is 0.550 e. The van der Waals surface area contributed by atoms with Crippen LogP contribution < -0.4 is 10.4 Å². The van der Waals surface area contributed by atoms with Crippen LogP contribution >= 0.6 is 11.3 Å². The molecule has 1 aromatic carbocycles. The fourth-order valence-electron chi connectivity index (χ4n) is 2.95. The lowest BCUT2D eigenvalue weighted by atomic mass is 9.76. The lowest BCUT2D eigenvalue weighted by Crippen LogP contribution is -2.40. The number of carbonyl (C=O) groups excluding carboxylic acids is 2. The summed E-state index contributed by atoms with van der Waals surface area (Å²) in [6, 6.07) is 9.61. The molecule has 1 atom stereocenters. The molecule has 2 rings (SSSR count). The van der Waals surface area contributed by atoms with Crippen molar-refractivity contribution in [2.24, 2.45) is 0 Å². The summed E-state index contributed by atoms with van der Waals surface area (Å²) in [5.41, 5.74) is 0.377.